The van der Waals surface area contributed by atoms with Gasteiger partial charge in [0.15, 0.2) is 0 Å². The predicted octanol–water partition coefficient (Wildman–Crippen LogP) is 0.993. The molecular weight excluding hydrogens is 345 g/mol. The van der Waals surface area contributed by atoms with Crippen molar-refractivity contribution >= 4 is 11.6 Å². The van der Waals surface area contributed by atoms with Crippen molar-refractivity contribution in [3.05, 3.63) is 29.6 Å². The number of piperazine rings is 2. The first-order valence-corrected chi connectivity index (χ1v) is 10.2. The Balaban J connectivity index is 1.45. The van der Waals surface area contributed by atoms with Crippen molar-refractivity contribution in [3.63, 3.8) is 0 Å². The molecule has 2 aliphatic rings. The third kappa shape index (κ3) is 5.64. The molecule has 0 unspecified atom stereocenters. The van der Waals surface area contributed by atoms with Gasteiger partial charge in [0.2, 0.25) is 0 Å². The fraction of sp³-hybridized carbons (Fsp3) is 0.650. The van der Waals surface area contributed by atoms with Crippen molar-refractivity contribution in [3.8, 4) is 0 Å². The van der Waals surface area contributed by atoms with E-state index in [1.54, 1.807) is 12.1 Å². The third-order valence-electron chi connectivity index (χ3n) is 5.52. The van der Waals surface area contributed by atoms with E-state index in [9.17, 15) is 9.18 Å². The van der Waals surface area contributed by atoms with Gasteiger partial charge in [-0.2, -0.15) is 0 Å². The van der Waals surface area contributed by atoms with Crippen LogP contribution in [-0.4, -0.2) is 87.7 Å². The van der Waals surface area contributed by atoms with Crippen LogP contribution in [0.25, 0.3) is 0 Å². The molecule has 0 atom stereocenters. The second-order valence-corrected chi connectivity index (χ2v) is 7.29. The summed E-state index contributed by atoms with van der Waals surface area (Å²) in [6.45, 7) is 12.5. The monoisotopic (exact) mass is 377 g/mol. The summed E-state index contributed by atoms with van der Waals surface area (Å²) in [5.74, 6) is -0.509. The Morgan fingerprint density at radius 2 is 1.85 bits per heavy atom. The summed E-state index contributed by atoms with van der Waals surface area (Å²) < 4.78 is 14.6. The number of carbonyl (C=O) groups is 1. The summed E-state index contributed by atoms with van der Waals surface area (Å²) in [4.78, 5) is 19.1. The lowest BCUT2D eigenvalue weighted by atomic mass is 10.1. The minimum atomic E-state index is -0.312. The summed E-state index contributed by atoms with van der Waals surface area (Å²) in [7, 11) is 0. The minimum absolute atomic E-state index is 0.198. The zero-order valence-corrected chi connectivity index (χ0v) is 16.3. The second kappa shape index (κ2) is 10.0. The number of likely N-dealkylation sites (N-methyl/N-ethyl adjacent to an activating group) is 1. The lowest BCUT2D eigenvalue weighted by Crippen LogP contribution is -2.46. The standard InChI is InChI=1S/C20H32FN5O/c1-2-24-12-14-26(15-13-24)19-5-4-17(16-18(19)21)20(27)23-6-3-9-25-10-7-22-8-11-25/h4-5,16,22H,2-3,6-15H2,1H3,(H,23,27). The average Bonchev–Trinajstić information content (AvgIpc) is 2.72. The summed E-state index contributed by atoms with van der Waals surface area (Å²) in [5, 5.41) is 6.24. The molecule has 0 bridgehead atoms. The Morgan fingerprint density at radius 3 is 2.52 bits per heavy atom. The number of halogens is 1. The molecule has 0 saturated carbocycles. The minimum Gasteiger partial charge on any atom is -0.367 e. The number of benzene rings is 1. The highest BCUT2D eigenvalue weighted by Gasteiger charge is 2.19. The van der Waals surface area contributed by atoms with E-state index in [0.717, 1.165) is 71.9 Å². The normalized spacial score (nSPS) is 19.3. The lowest BCUT2D eigenvalue weighted by molar-refractivity contribution is 0.0951. The molecule has 2 heterocycles. The van der Waals surface area contributed by atoms with E-state index in [1.807, 2.05) is 0 Å². The maximum Gasteiger partial charge on any atom is 0.251 e. The van der Waals surface area contributed by atoms with Gasteiger partial charge < -0.3 is 25.3 Å². The van der Waals surface area contributed by atoms with E-state index < -0.39 is 0 Å². The van der Waals surface area contributed by atoms with Crippen LogP contribution >= 0.6 is 0 Å². The Hall–Kier alpha value is -1.70. The van der Waals surface area contributed by atoms with E-state index >= 15 is 0 Å². The zero-order chi connectivity index (χ0) is 19.1. The number of carbonyl (C=O) groups excluding carboxylic acids is 1. The van der Waals surface area contributed by atoms with Crippen molar-refractivity contribution < 1.29 is 9.18 Å². The average molecular weight is 378 g/mol. The first-order chi connectivity index (χ1) is 13.2. The molecule has 0 aromatic heterocycles. The van der Waals surface area contributed by atoms with Crippen LogP contribution in [0.1, 0.15) is 23.7 Å². The van der Waals surface area contributed by atoms with Crippen LogP contribution in [0.3, 0.4) is 0 Å². The van der Waals surface area contributed by atoms with Crippen LogP contribution in [-0.2, 0) is 0 Å². The maximum absolute atomic E-state index is 14.6. The fourth-order valence-electron chi connectivity index (χ4n) is 3.75. The summed E-state index contributed by atoms with van der Waals surface area (Å²) in [6, 6.07) is 4.84. The van der Waals surface area contributed by atoms with Crippen LogP contribution in [0.4, 0.5) is 10.1 Å². The molecular formula is C20H32FN5O. The number of hydrogen-bond acceptors (Lipinski definition) is 5. The number of hydrogen-bond donors (Lipinski definition) is 2. The molecule has 1 aromatic rings. The molecule has 0 spiro atoms. The first kappa shape index (κ1) is 20.0. The topological polar surface area (TPSA) is 50.9 Å². The highest BCUT2D eigenvalue weighted by molar-refractivity contribution is 5.94. The summed E-state index contributed by atoms with van der Waals surface area (Å²) >= 11 is 0. The summed E-state index contributed by atoms with van der Waals surface area (Å²) in [6.07, 6.45) is 0.911. The number of nitrogens with one attached hydrogen (secondary N) is 2. The number of amides is 1. The Kier molecular flexibility index (Phi) is 7.43. The van der Waals surface area contributed by atoms with Crippen LogP contribution in [0, 0.1) is 5.82 Å². The van der Waals surface area contributed by atoms with E-state index in [0.29, 0.717) is 17.8 Å². The fourth-order valence-corrected chi connectivity index (χ4v) is 3.75. The molecule has 2 aliphatic heterocycles. The van der Waals surface area contributed by atoms with Gasteiger partial charge in [-0.1, -0.05) is 6.92 Å². The first-order valence-electron chi connectivity index (χ1n) is 10.2. The van der Waals surface area contributed by atoms with Gasteiger partial charge in [0, 0.05) is 64.5 Å². The molecule has 0 aliphatic carbocycles. The molecule has 1 amide bonds. The second-order valence-electron chi connectivity index (χ2n) is 7.29. The highest BCUT2D eigenvalue weighted by Crippen LogP contribution is 2.22. The zero-order valence-electron chi connectivity index (χ0n) is 16.3. The Labute approximate surface area is 161 Å². The molecule has 2 N–H and O–H groups in total. The van der Waals surface area contributed by atoms with Gasteiger partial charge in [-0.3, -0.25) is 4.79 Å². The molecule has 7 heteroatoms. The van der Waals surface area contributed by atoms with Crippen molar-refractivity contribution in [2.45, 2.75) is 13.3 Å². The van der Waals surface area contributed by atoms with Crippen LogP contribution in [0.2, 0.25) is 0 Å². The molecule has 1 aromatic carbocycles. The Bertz CT molecular complexity index is 612. The van der Waals surface area contributed by atoms with Crippen molar-refractivity contribution in [2.24, 2.45) is 0 Å². The SMILES string of the molecule is CCN1CCN(c2ccc(C(=O)NCCCN3CCNCC3)cc2F)CC1. The third-order valence-corrected chi connectivity index (χ3v) is 5.52. The molecule has 0 radical (unpaired) electrons. The van der Waals surface area contributed by atoms with Gasteiger partial charge in [-0.25, -0.2) is 4.39 Å². The molecule has 150 valence electrons. The van der Waals surface area contributed by atoms with Crippen molar-refractivity contribution in [1.82, 2.24) is 20.4 Å². The molecule has 6 nitrogen and oxygen atoms in total. The molecule has 27 heavy (non-hydrogen) atoms. The largest absolute Gasteiger partial charge is 0.367 e. The molecule has 2 fully saturated rings. The van der Waals surface area contributed by atoms with Gasteiger partial charge in [0.1, 0.15) is 5.82 Å². The lowest BCUT2D eigenvalue weighted by Gasteiger charge is -2.35. The number of nitrogens with zero attached hydrogens (tertiary/aromatic N) is 3. The van der Waals surface area contributed by atoms with Gasteiger partial charge >= 0.3 is 0 Å². The van der Waals surface area contributed by atoms with Gasteiger partial charge in [-0.05, 0) is 37.7 Å². The number of anilines is 1. The predicted molar refractivity (Wildman–Crippen MR) is 107 cm³/mol. The number of rotatable bonds is 7. The van der Waals surface area contributed by atoms with Crippen LogP contribution in [0.15, 0.2) is 18.2 Å². The van der Waals surface area contributed by atoms with Crippen molar-refractivity contribution in [1.29, 1.82) is 0 Å². The van der Waals surface area contributed by atoms with Crippen LogP contribution < -0.4 is 15.5 Å². The van der Waals surface area contributed by atoms with E-state index in [1.165, 1.54) is 6.07 Å². The van der Waals surface area contributed by atoms with Gasteiger partial charge in [0.25, 0.3) is 5.91 Å². The van der Waals surface area contributed by atoms with E-state index in [-0.39, 0.29) is 11.7 Å². The van der Waals surface area contributed by atoms with E-state index in [2.05, 4.69) is 32.3 Å². The van der Waals surface area contributed by atoms with Gasteiger partial charge in [-0.15, -0.1) is 0 Å². The highest BCUT2D eigenvalue weighted by atomic mass is 19.1. The van der Waals surface area contributed by atoms with Crippen molar-refractivity contribution in [2.75, 3.05) is 76.9 Å². The van der Waals surface area contributed by atoms with Gasteiger partial charge in [0.05, 0.1) is 5.69 Å². The Morgan fingerprint density at radius 1 is 1.11 bits per heavy atom. The summed E-state index contributed by atoms with van der Waals surface area (Å²) in [5.41, 5.74) is 0.992. The quantitative estimate of drug-likeness (QED) is 0.694. The molecule has 3 rings (SSSR count). The van der Waals surface area contributed by atoms with Crippen LogP contribution in [0.5, 0.6) is 0 Å². The smallest absolute Gasteiger partial charge is 0.251 e. The maximum atomic E-state index is 14.6. The molecule has 2 saturated heterocycles. The van der Waals surface area contributed by atoms with E-state index in [4.69, 9.17) is 0 Å².